The van der Waals surface area contributed by atoms with Gasteiger partial charge in [-0.3, -0.25) is 0 Å². The third kappa shape index (κ3) is 1.76. The second kappa shape index (κ2) is 3.52. The number of aromatic nitrogens is 1. The summed E-state index contributed by atoms with van der Waals surface area (Å²) in [7, 11) is 0. The summed E-state index contributed by atoms with van der Waals surface area (Å²) in [4.78, 5) is 6.12. The van der Waals surface area contributed by atoms with Gasteiger partial charge in [0.25, 0.3) is 0 Å². The Hall–Kier alpha value is -0.800. The normalized spacial score (nSPS) is 22.3. The summed E-state index contributed by atoms with van der Waals surface area (Å²) in [5.41, 5.74) is 0. The lowest BCUT2D eigenvalue weighted by Gasteiger charge is -2.16. The van der Waals surface area contributed by atoms with Gasteiger partial charge in [-0.1, -0.05) is 11.6 Å². The Balaban J connectivity index is 2.21. The fourth-order valence-electron chi connectivity index (χ4n) is 1.49. The zero-order valence-corrected chi connectivity index (χ0v) is 7.83. The molecule has 1 aromatic heterocycles. The summed E-state index contributed by atoms with van der Waals surface area (Å²) in [5, 5.41) is 9.85. The second-order valence-electron chi connectivity index (χ2n) is 3.12. The molecule has 1 radical (unpaired) electrons. The van der Waals surface area contributed by atoms with Crippen LogP contribution in [0.5, 0.6) is 0 Å². The number of halogens is 1. The van der Waals surface area contributed by atoms with Crippen molar-refractivity contribution in [3.8, 4) is 0 Å². The molecule has 0 spiro atoms. The molecule has 0 bridgehead atoms. The average Bonchev–Trinajstić information content (AvgIpc) is 2.53. The van der Waals surface area contributed by atoms with Crippen LogP contribution in [0.1, 0.15) is 6.42 Å². The summed E-state index contributed by atoms with van der Waals surface area (Å²) < 4.78 is 0. The van der Waals surface area contributed by atoms with E-state index in [0.29, 0.717) is 11.6 Å². The smallest absolute Gasteiger partial charge is 0.148 e. The number of rotatable bonds is 1. The quantitative estimate of drug-likeness (QED) is 0.733. The van der Waals surface area contributed by atoms with E-state index in [1.165, 1.54) is 0 Å². The highest BCUT2D eigenvalue weighted by molar-refractivity contribution is 6.32. The minimum absolute atomic E-state index is 0.252. The van der Waals surface area contributed by atoms with Gasteiger partial charge in [-0.15, -0.1) is 0 Å². The van der Waals surface area contributed by atoms with Crippen LogP contribution in [0, 0.1) is 6.07 Å². The Bertz CT molecular complexity index is 305. The number of hydrogen-bond acceptors (Lipinski definition) is 3. The predicted molar refractivity (Wildman–Crippen MR) is 50.9 cm³/mol. The highest BCUT2D eigenvalue weighted by Crippen LogP contribution is 2.25. The van der Waals surface area contributed by atoms with E-state index in [0.717, 1.165) is 18.8 Å². The first-order chi connectivity index (χ1) is 6.27. The predicted octanol–water partition coefficient (Wildman–Crippen LogP) is 1.11. The van der Waals surface area contributed by atoms with E-state index in [4.69, 9.17) is 11.6 Å². The maximum Gasteiger partial charge on any atom is 0.148 e. The van der Waals surface area contributed by atoms with Gasteiger partial charge in [0.15, 0.2) is 0 Å². The standard InChI is InChI=1S/C9H10ClN2O/c10-8-2-1-4-11-9(8)12-5-3-7(13)6-12/h1,4,7,13H,3,5-6H2. The lowest BCUT2D eigenvalue weighted by Crippen LogP contribution is -2.22. The topological polar surface area (TPSA) is 36.4 Å². The van der Waals surface area contributed by atoms with Gasteiger partial charge in [0.05, 0.1) is 11.1 Å². The second-order valence-corrected chi connectivity index (χ2v) is 3.49. The van der Waals surface area contributed by atoms with Crippen molar-refractivity contribution in [1.29, 1.82) is 0 Å². The number of nitrogens with zero attached hydrogens (tertiary/aromatic N) is 2. The number of β-amino-alcohol motifs (C(OH)–C–C–N with tert-alkyl or cyclic N) is 1. The molecule has 1 fully saturated rings. The van der Waals surface area contributed by atoms with Crippen LogP contribution in [0.15, 0.2) is 12.3 Å². The van der Waals surface area contributed by atoms with Gasteiger partial charge in [0, 0.05) is 25.4 Å². The zero-order chi connectivity index (χ0) is 9.26. The van der Waals surface area contributed by atoms with Crippen LogP contribution in [0.4, 0.5) is 5.82 Å². The third-order valence-corrected chi connectivity index (χ3v) is 2.42. The molecule has 1 saturated heterocycles. The number of aliphatic hydroxyl groups is 1. The maximum absolute atomic E-state index is 9.33. The molecular formula is C9H10ClN2O. The molecule has 0 saturated carbocycles. The molecule has 1 atom stereocenters. The number of pyridine rings is 1. The Morgan fingerprint density at radius 3 is 3.15 bits per heavy atom. The van der Waals surface area contributed by atoms with E-state index >= 15 is 0 Å². The number of aliphatic hydroxyl groups excluding tert-OH is 1. The molecule has 2 rings (SSSR count). The molecule has 4 heteroatoms. The Kier molecular flexibility index (Phi) is 2.38. The fourth-order valence-corrected chi connectivity index (χ4v) is 1.73. The minimum atomic E-state index is -0.252. The highest BCUT2D eigenvalue weighted by atomic mass is 35.5. The lowest BCUT2D eigenvalue weighted by atomic mass is 10.3. The maximum atomic E-state index is 9.33. The summed E-state index contributed by atoms with van der Waals surface area (Å²) in [6.07, 6.45) is 2.19. The molecule has 1 aliphatic rings. The molecule has 69 valence electrons. The zero-order valence-electron chi connectivity index (χ0n) is 7.07. The summed E-state index contributed by atoms with van der Waals surface area (Å²) in [6.45, 7) is 1.43. The van der Waals surface area contributed by atoms with Crippen LogP contribution < -0.4 is 4.90 Å². The van der Waals surface area contributed by atoms with Gasteiger partial charge in [0.1, 0.15) is 5.82 Å². The summed E-state index contributed by atoms with van der Waals surface area (Å²) in [6, 6.07) is 4.55. The monoisotopic (exact) mass is 197 g/mol. The van der Waals surface area contributed by atoms with Gasteiger partial charge < -0.3 is 10.0 Å². The van der Waals surface area contributed by atoms with E-state index in [2.05, 4.69) is 11.1 Å². The van der Waals surface area contributed by atoms with Crippen molar-refractivity contribution >= 4 is 17.4 Å². The number of hydrogen-bond donors (Lipinski definition) is 1. The SMILES string of the molecule is OC1CCN(c2ncc[c]c2Cl)C1. The molecule has 0 aromatic carbocycles. The van der Waals surface area contributed by atoms with Gasteiger partial charge in [-0.2, -0.15) is 0 Å². The van der Waals surface area contributed by atoms with E-state index in [1.807, 2.05) is 4.90 Å². The average molecular weight is 198 g/mol. The van der Waals surface area contributed by atoms with Crippen LogP contribution in [0.2, 0.25) is 5.02 Å². The molecule has 1 N–H and O–H groups in total. The summed E-state index contributed by atoms with van der Waals surface area (Å²) in [5.74, 6) is 0.723. The first-order valence-corrected chi connectivity index (χ1v) is 4.60. The van der Waals surface area contributed by atoms with Gasteiger partial charge >= 0.3 is 0 Å². The number of anilines is 1. The Morgan fingerprint density at radius 2 is 2.54 bits per heavy atom. The molecular weight excluding hydrogens is 188 g/mol. The van der Waals surface area contributed by atoms with Crippen molar-refractivity contribution in [2.24, 2.45) is 0 Å². The van der Waals surface area contributed by atoms with E-state index in [1.54, 1.807) is 12.3 Å². The minimum Gasteiger partial charge on any atom is -0.391 e. The van der Waals surface area contributed by atoms with Crippen LogP contribution in [-0.2, 0) is 0 Å². The van der Waals surface area contributed by atoms with Crippen molar-refractivity contribution in [3.63, 3.8) is 0 Å². The Morgan fingerprint density at radius 1 is 1.69 bits per heavy atom. The first-order valence-electron chi connectivity index (χ1n) is 4.22. The van der Waals surface area contributed by atoms with Gasteiger partial charge in [-0.05, 0) is 12.5 Å². The van der Waals surface area contributed by atoms with Crippen LogP contribution in [0.25, 0.3) is 0 Å². The van der Waals surface area contributed by atoms with Crippen molar-refractivity contribution in [2.45, 2.75) is 12.5 Å². The van der Waals surface area contributed by atoms with Crippen molar-refractivity contribution in [2.75, 3.05) is 18.0 Å². The molecule has 1 unspecified atom stereocenters. The molecule has 3 nitrogen and oxygen atoms in total. The third-order valence-electron chi connectivity index (χ3n) is 2.14. The molecule has 1 aromatic rings. The molecule has 1 aliphatic heterocycles. The largest absolute Gasteiger partial charge is 0.391 e. The molecule has 2 heterocycles. The van der Waals surface area contributed by atoms with E-state index < -0.39 is 0 Å². The van der Waals surface area contributed by atoms with Crippen molar-refractivity contribution < 1.29 is 5.11 Å². The molecule has 0 amide bonds. The van der Waals surface area contributed by atoms with Gasteiger partial charge in [0.2, 0.25) is 0 Å². The lowest BCUT2D eigenvalue weighted by molar-refractivity contribution is 0.198. The van der Waals surface area contributed by atoms with Crippen molar-refractivity contribution in [3.05, 3.63) is 23.4 Å². The van der Waals surface area contributed by atoms with Crippen molar-refractivity contribution in [1.82, 2.24) is 4.98 Å². The van der Waals surface area contributed by atoms with Gasteiger partial charge in [-0.25, -0.2) is 4.98 Å². The fraction of sp³-hybridized carbons (Fsp3) is 0.444. The van der Waals surface area contributed by atoms with Crippen LogP contribution in [0.3, 0.4) is 0 Å². The van der Waals surface area contributed by atoms with Crippen LogP contribution >= 0.6 is 11.6 Å². The van der Waals surface area contributed by atoms with E-state index in [9.17, 15) is 5.11 Å². The highest BCUT2D eigenvalue weighted by Gasteiger charge is 2.22. The first kappa shape index (κ1) is 8.78. The summed E-state index contributed by atoms with van der Waals surface area (Å²) >= 11 is 5.91. The van der Waals surface area contributed by atoms with Crippen LogP contribution in [-0.4, -0.2) is 29.3 Å². The van der Waals surface area contributed by atoms with E-state index in [-0.39, 0.29) is 6.10 Å². The molecule has 13 heavy (non-hydrogen) atoms. The Labute approximate surface area is 82.0 Å². The molecule has 0 aliphatic carbocycles.